The van der Waals surface area contributed by atoms with Gasteiger partial charge in [0.1, 0.15) is 5.75 Å². The zero-order chi connectivity index (χ0) is 18.5. The minimum absolute atomic E-state index is 0.0787. The Hall–Kier alpha value is -2.33. The molecule has 0 heterocycles. The average Bonchev–Trinajstić information content (AvgIpc) is 3.48. The maximum Gasteiger partial charge on any atom is 0.225 e. The lowest BCUT2D eigenvalue weighted by Crippen LogP contribution is -2.29. The minimum Gasteiger partial charge on any atom is -0.497 e. The summed E-state index contributed by atoms with van der Waals surface area (Å²) in [5.74, 6) is 0.959. The van der Waals surface area contributed by atoms with Gasteiger partial charge < -0.3 is 10.1 Å². The largest absolute Gasteiger partial charge is 0.497 e. The van der Waals surface area contributed by atoms with Gasteiger partial charge in [0.25, 0.3) is 0 Å². The molecule has 4 heteroatoms. The molecule has 138 valence electrons. The number of hydrogen-bond donors (Lipinski definition) is 1. The van der Waals surface area contributed by atoms with Gasteiger partial charge in [-0.2, -0.15) is 0 Å². The van der Waals surface area contributed by atoms with E-state index in [0.29, 0.717) is 12.5 Å². The van der Waals surface area contributed by atoms with Gasteiger partial charge in [-0.3, -0.25) is 9.69 Å². The van der Waals surface area contributed by atoms with Crippen LogP contribution in [-0.4, -0.2) is 30.5 Å². The highest BCUT2D eigenvalue weighted by molar-refractivity contribution is 5.91. The van der Waals surface area contributed by atoms with Gasteiger partial charge in [-0.05, 0) is 61.6 Å². The fourth-order valence-electron chi connectivity index (χ4n) is 3.18. The van der Waals surface area contributed by atoms with Crippen molar-refractivity contribution in [3.8, 4) is 5.75 Å². The first-order valence-corrected chi connectivity index (χ1v) is 9.30. The molecule has 1 aliphatic rings. The second kappa shape index (κ2) is 8.37. The third-order valence-electron chi connectivity index (χ3n) is 5.09. The van der Waals surface area contributed by atoms with Crippen LogP contribution in [0.2, 0.25) is 0 Å². The summed E-state index contributed by atoms with van der Waals surface area (Å²) in [6.07, 6.45) is 2.96. The van der Waals surface area contributed by atoms with E-state index < -0.39 is 0 Å². The van der Waals surface area contributed by atoms with E-state index in [1.807, 2.05) is 31.2 Å². The monoisotopic (exact) mass is 352 g/mol. The average molecular weight is 352 g/mol. The number of benzene rings is 2. The number of ether oxygens (including phenoxy) is 1. The smallest absolute Gasteiger partial charge is 0.225 e. The summed E-state index contributed by atoms with van der Waals surface area (Å²) in [4.78, 5) is 14.8. The first kappa shape index (κ1) is 18.5. The molecule has 4 nitrogen and oxygen atoms in total. The maximum atomic E-state index is 12.4. The molecule has 0 bridgehead atoms. The third-order valence-corrected chi connectivity index (χ3v) is 5.09. The molecule has 0 unspecified atom stereocenters. The van der Waals surface area contributed by atoms with E-state index in [4.69, 9.17) is 4.74 Å². The van der Waals surface area contributed by atoms with Crippen LogP contribution in [-0.2, 0) is 11.3 Å². The fourth-order valence-corrected chi connectivity index (χ4v) is 3.18. The van der Waals surface area contributed by atoms with Gasteiger partial charge in [0.05, 0.1) is 7.11 Å². The summed E-state index contributed by atoms with van der Waals surface area (Å²) in [5.41, 5.74) is 4.48. The van der Waals surface area contributed by atoms with E-state index in [2.05, 4.69) is 35.3 Å². The molecule has 1 saturated carbocycles. The Kier molecular flexibility index (Phi) is 5.94. The Labute approximate surface area is 156 Å². The number of methoxy groups -OCH3 is 1. The van der Waals surface area contributed by atoms with E-state index in [-0.39, 0.29) is 5.91 Å². The quantitative estimate of drug-likeness (QED) is 0.770. The molecule has 1 fully saturated rings. The molecule has 2 aromatic carbocycles. The van der Waals surface area contributed by atoms with Crippen molar-refractivity contribution in [1.82, 2.24) is 4.90 Å². The topological polar surface area (TPSA) is 41.6 Å². The normalized spacial score (nSPS) is 13.7. The lowest BCUT2D eigenvalue weighted by atomic mass is 10.1. The predicted octanol–water partition coefficient (Wildman–Crippen LogP) is 4.31. The van der Waals surface area contributed by atoms with Gasteiger partial charge in [-0.25, -0.2) is 0 Å². The second-order valence-corrected chi connectivity index (χ2v) is 7.10. The maximum absolute atomic E-state index is 12.4. The van der Waals surface area contributed by atoms with Crippen LogP contribution < -0.4 is 10.1 Å². The molecule has 0 saturated heterocycles. The van der Waals surface area contributed by atoms with E-state index in [1.54, 1.807) is 7.11 Å². The minimum atomic E-state index is 0.0787. The molecule has 0 atom stereocenters. The number of carbonyl (C=O) groups excluding carboxylic acids is 1. The first-order chi connectivity index (χ1) is 12.6. The van der Waals surface area contributed by atoms with Crippen LogP contribution in [0.4, 0.5) is 5.69 Å². The molecular weight excluding hydrogens is 324 g/mol. The van der Waals surface area contributed by atoms with E-state index in [1.165, 1.54) is 24.0 Å². The van der Waals surface area contributed by atoms with Crippen molar-refractivity contribution >= 4 is 11.6 Å². The molecular formula is C22H28N2O2. The van der Waals surface area contributed by atoms with Crippen LogP contribution in [0.25, 0.3) is 0 Å². The molecule has 3 rings (SSSR count). The van der Waals surface area contributed by atoms with Crippen molar-refractivity contribution in [2.75, 3.05) is 19.0 Å². The van der Waals surface area contributed by atoms with Gasteiger partial charge in [0.15, 0.2) is 0 Å². The molecule has 26 heavy (non-hydrogen) atoms. The van der Waals surface area contributed by atoms with Gasteiger partial charge in [-0.15, -0.1) is 0 Å². The van der Waals surface area contributed by atoms with Crippen LogP contribution in [0, 0.1) is 13.8 Å². The zero-order valence-corrected chi connectivity index (χ0v) is 15.9. The number of hydrogen-bond acceptors (Lipinski definition) is 3. The Bertz CT molecular complexity index is 768. The van der Waals surface area contributed by atoms with Crippen molar-refractivity contribution in [3.63, 3.8) is 0 Å². The Morgan fingerprint density at radius 3 is 2.69 bits per heavy atom. The lowest BCUT2D eigenvalue weighted by Gasteiger charge is -2.22. The molecule has 1 aliphatic carbocycles. The molecule has 1 amide bonds. The number of anilines is 1. The lowest BCUT2D eigenvalue weighted by molar-refractivity contribution is -0.116. The van der Waals surface area contributed by atoms with Crippen molar-refractivity contribution in [2.24, 2.45) is 0 Å². The van der Waals surface area contributed by atoms with Gasteiger partial charge in [-0.1, -0.05) is 24.3 Å². The molecule has 2 aromatic rings. The third kappa shape index (κ3) is 4.85. The summed E-state index contributed by atoms with van der Waals surface area (Å²) in [5, 5.41) is 3.06. The number of rotatable bonds is 8. The second-order valence-electron chi connectivity index (χ2n) is 7.10. The van der Waals surface area contributed by atoms with Gasteiger partial charge >= 0.3 is 0 Å². The molecule has 0 radical (unpaired) electrons. The summed E-state index contributed by atoms with van der Waals surface area (Å²) in [6, 6.07) is 14.8. The number of aryl methyl sites for hydroxylation is 1. The summed E-state index contributed by atoms with van der Waals surface area (Å²) < 4.78 is 5.32. The molecule has 0 aliphatic heterocycles. The number of nitrogens with one attached hydrogen (secondary N) is 1. The standard InChI is InChI=1S/C22H28N2O2/c1-16-6-4-9-21(17(16)2)23-22(25)12-13-24(19-10-11-19)15-18-7-5-8-20(14-18)26-3/h4-9,14,19H,10-13,15H2,1-3H3,(H,23,25). The zero-order valence-electron chi connectivity index (χ0n) is 15.9. The van der Waals surface area contributed by atoms with E-state index in [9.17, 15) is 4.79 Å². The van der Waals surface area contributed by atoms with Crippen molar-refractivity contribution in [2.45, 2.75) is 45.7 Å². The van der Waals surface area contributed by atoms with Crippen molar-refractivity contribution in [3.05, 3.63) is 59.2 Å². The fraction of sp³-hybridized carbons (Fsp3) is 0.409. The Morgan fingerprint density at radius 1 is 1.19 bits per heavy atom. The molecule has 0 spiro atoms. The summed E-state index contributed by atoms with van der Waals surface area (Å²) in [7, 11) is 1.69. The number of amides is 1. The first-order valence-electron chi connectivity index (χ1n) is 9.30. The summed E-state index contributed by atoms with van der Waals surface area (Å²) >= 11 is 0. The van der Waals surface area contributed by atoms with Gasteiger partial charge in [0.2, 0.25) is 5.91 Å². The summed E-state index contributed by atoms with van der Waals surface area (Å²) in [6.45, 7) is 5.75. The van der Waals surface area contributed by atoms with E-state index >= 15 is 0 Å². The Morgan fingerprint density at radius 2 is 1.96 bits per heavy atom. The number of nitrogens with zero attached hydrogens (tertiary/aromatic N) is 1. The number of carbonyl (C=O) groups is 1. The van der Waals surface area contributed by atoms with Crippen LogP contribution in [0.5, 0.6) is 5.75 Å². The highest BCUT2D eigenvalue weighted by Crippen LogP contribution is 2.29. The van der Waals surface area contributed by atoms with Crippen molar-refractivity contribution in [1.29, 1.82) is 0 Å². The SMILES string of the molecule is COc1cccc(CN(CCC(=O)Nc2cccc(C)c2C)C2CC2)c1. The van der Waals surface area contributed by atoms with Crippen LogP contribution in [0.3, 0.4) is 0 Å². The van der Waals surface area contributed by atoms with Gasteiger partial charge in [0, 0.05) is 31.2 Å². The highest BCUT2D eigenvalue weighted by Gasteiger charge is 2.29. The molecule has 0 aromatic heterocycles. The van der Waals surface area contributed by atoms with E-state index in [0.717, 1.165) is 30.1 Å². The predicted molar refractivity (Wildman–Crippen MR) is 106 cm³/mol. The van der Waals surface area contributed by atoms with Crippen molar-refractivity contribution < 1.29 is 9.53 Å². The highest BCUT2D eigenvalue weighted by atomic mass is 16.5. The van der Waals surface area contributed by atoms with Crippen LogP contribution >= 0.6 is 0 Å². The van der Waals surface area contributed by atoms with Crippen LogP contribution in [0.1, 0.15) is 36.0 Å². The molecule has 1 N–H and O–H groups in total. The Balaban J connectivity index is 1.57. The van der Waals surface area contributed by atoms with Crippen LogP contribution in [0.15, 0.2) is 42.5 Å².